The summed E-state index contributed by atoms with van der Waals surface area (Å²) in [5.74, 6) is 1.07. The maximum atomic E-state index is 12.5. The van der Waals surface area contributed by atoms with Crippen molar-refractivity contribution < 1.29 is 9.59 Å². The van der Waals surface area contributed by atoms with Gasteiger partial charge in [0.2, 0.25) is 5.91 Å². The number of piperidine rings is 1. The van der Waals surface area contributed by atoms with Gasteiger partial charge in [-0.3, -0.25) is 9.69 Å². The molecule has 0 saturated carbocycles. The van der Waals surface area contributed by atoms with Crippen LogP contribution in [0, 0.1) is 5.92 Å². The minimum absolute atomic E-state index is 0.0497. The molecule has 0 atom stereocenters. The van der Waals surface area contributed by atoms with Crippen molar-refractivity contribution in [1.82, 2.24) is 24.9 Å². The number of hydrogen-bond acceptors (Lipinski definition) is 4. The summed E-state index contributed by atoms with van der Waals surface area (Å²) in [6.07, 6.45) is 5.75. The topological polar surface area (TPSA) is 59.1 Å². The Bertz CT molecular complexity index is 490. The zero-order valence-corrected chi connectivity index (χ0v) is 19.0. The molecule has 3 amide bonds. The monoisotopic (exact) mass is 409 g/mol. The van der Waals surface area contributed by atoms with Crippen LogP contribution < -0.4 is 5.32 Å². The lowest BCUT2D eigenvalue weighted by atomic mass is 9.99. The fraction of sp³-hybridized carbons (Fsp3) is 0.909. The number of nitrogens with zero attached hydrogens (tertiary/aromatic N) is 4. The fourth-order valence-corrected chi connectivity index (χ4v) is 4.25. The largest absolute Gasteiger partial charge is 0.342 e. The van der Waals surface area contributed by atoms with E-state index in [4.69, 9.17) is 0 Å². The number of rotatable bonds is 9. The first-order chi connectivity index (χ1) is 14.0. The highest BCUT2D eigenvalue weighted by Gasteiger charge is 2.21. The van der Waals surface area contributed by atoms with Gasteiger partial charge in [0, 0.05) is 45.8 Å². The molecule has 7 nitrogen and oxygen atoms in total. The third-order valence-electron chi connectivity index (χ3n) is 6.40. The van der Waals surface area contributed by atoms with Gasteiger partial charge in [0.25, 0.3) is 0 Å². The molecule has 1 N–H and O–H groups in total. The number of hydrogen-bond donors (Lipinski definition) is 1. The van der Waals surface area contributed by atoms with Gasteiger partial charge in [-0.15, -0.1) is 0 Å². The van der Waals surface area contributed by atoms with Crippen molar-refractivity contribution >= 4 is 11.9 Å². The van der Waals surface area contributed by atoms with Crippen molar-refractivity contribution in [1.29, 1.82) is 0 Å². The number of likely N-dealkylation sites (tertiary alicyclic amines) is 1. The van der Waals surface area contributed by atoms with E-state index in [0.717, 1.165) is 71.0 Å². The van der Waals surface area contributed by atoms with E-state index in [1.165, 1.54) is 25.9 Å². The van der Waals surface area contributed by atoms with Crippen LogP contribution in [-0.2, 0) is 4.79 Å². The molecule has 29 heavy (non-hydrogen) atoms. The number of urea groups is 1. The molecule has 2 fully saturated rings. The Morgan fingerprint density at radius 3 is 2.34 bits per heavy atom. The van der Waals surface area contributed by atoms with E-state index < -0.39 is 0 Å². The van der Waals surface area contributed by atoms with Gasteiger partial charge in [-0.05, 0) is 71.5 Å². The molecule has 2 heterocycles. The molecule has 2 aliphatic rings. The Hall–Kier alpha value is -1.34. The molecule has 0 spiro atoms. The second kappa shape index (κ2) is 13.1. The predicted molar refractivity (Wildman–Crippen MR) is 118 cm³/mol. The average molecular weight is 410 g/mol. The zero-order chi connectivity index (χ0) is 21.1. The van der Waals surface area contributed by atoms with Gasteiger partial charge in [-0.25, -0.2) is 4.79 Å². The molecule has 2 rings (SSSR count). The summed E-state index contributed by atoms with van der Waals surface area (Å²) in [5.41, 5.74) is 0. The first-order valence-corrected chi connectivity index (χ1v) is 11.8. The summed E-state index contributed by atoms with van der Waals surface area (Å²) in [5, 5.41) is 3.09. The third kappa shape index (κ3) is 8.51. The number of carbonyl (C=O) groups is 2. The minimum atomic E-state index is 0.0497. The SMILES string of the molecule is CCN(CC)C(=O)CN1CCCN(C(=O)NCCCCN2CCC(C)CC2)CC1. The molecule has 0 bridgehead atoms. The van der Waals surface area contributed by atoms with E-state index in [9.17, 15) is 9.59 Å². The minimum Gasteiger partial charge on any atom is -0.342 e. The second-order valence-corrected chi connectivity index (χ2v) is 8.65. The lowest BCUT2D eigenvalue weighted by Crippen LogP contribution is -2.44. The Balaban J connectivity index is 1.59. The lowest BCUT2D eigenvalue weighted by Gasteiger charge is -2.30. The van der Waals surface area contributed by atoms with E-state index >= 15 is 0 Å². The molecule has 2 saturated heterocycles. The van der Waals surface area contributed by atoms with Crippen molar-refractivity contribution in [3.05, 3.63) is 0 Å². The molecule has 0 aliphatic carbocycles. The van der Waals surface area contributed by atoms with Crippen molar-refractivity contribution in [2.24, 2.45) is 5.92 Å². The smallest absolute Gasteiger partial charge is 0.317 e. The fourth-order valence-electron chi connectivity index (χ4n) is 4.25. The van der Waals surface area contributed by atoms with Crippen LogP contribution in [0.4, 0.5) is 4.79 Å². The molecule has 0 unspecified atom stereocenters. The molecule has 0 aromatic heterocycles. The Morgan fingerprint density at radius 2 is 1.66 bits per heavy atom. The van der Waals surface area contributed by atoms with Crippen LogP contribution >= 0.6 is 0 Å². The quantitative estimate of drug-likeness (QED) is 0.593. The van der Waals surface area contributed by atoms with Crippen LogP contribution in [0.2, 0.25) is 0 Å². The molecular weight excluding hydrogens is 366 g/mol. The molecule has 168 valence electrons. The highest BCUT2D eigenvalue weighted by atomic mass is 16.2. The Morgan fingerprint density at radius 1 is 0.931 bits per heavy atom. The summed E-state index contributed by atoms with van der Waals surface area (Å²) >= 11 is 0. The first-order valence-electron chi connectivity index (χ1n) is 11.8. The van der Waals surface area contributed by atoms with E-state index in [1.807, 2.05) is 23.6 Å². The van der Waals surface area contributed by atoms with Crippen LogP contribution in [0.15, 0.2) is 0 Å². The first kappa shape index (κ1) is 23.9. The predicted octanol–water partition coefficient (Wildman–Crippen LogP) is 2.08. The molecular formula is C22H43N5O2. The molecule has 2 aliphatic heterocycles. The highest BCUT2D eigenvalue weighted by Crippen LogP contribution is 2.16. The number of carbonyl (C=O) groups excluding carboxylic acids is 2. The molecule has 0 aromatic carbocycles. The van der Waals surface area contributed by atoms with Crippen molar-refractivity contribution in [3.8, 4) is 0 Å². The Kier molecular flexibility index (Phi) is 10.8. The van der Waals surface area contributed by atoms with Gasteiger partial charge in [-0.1, -0.05) is 6.92 Å². The van der Waals surface area contributed by atoms with Gasteiger partial charge in [-0.2, -0.15) is 0 Å². The summed E-state index contributed by atoms with van der Waals surface area (Å²) in [4.78, 5) is 33.3. The van der Waals surface area contributed by atoms with Crippen LogP contribution in [0.1, 0.15) is 52.9 Å². The number of amides is 3. The summed E-state index contributed by atoms with van der Waals surface area (Å²) in [6, 6.07) is 0.0497. The van der Waals surface area contributed by atoms with Crippen LogP contribution in [-0.4, -0.2) is 104 Å². The van der Waals surface area contributed by atoms with Gasteiger partial charge < -0.3 is 20.0 Å². The maximum absolute atomic E-state index is 12.5. The number of unbranched alkanes of at least 4 members (excludes halogenated alkanes) is 1. The van der Waals surface area contributed by atoms with Crippen molar-refractivity contribution in [3.63, 3.8) is 0 Å². The van der Waals surface area contributed by atoms with Crippen molar-refractivity contribution in [2.75, 3.05) is 72.0 Å². The normalized spacial score (nSPS) is 19.8. The van der Waals surface area contributed by atoms with Gasteiger partial charge >= 0.3 is 6.03 Å². The highest BCUT2D eigenvalue weighted by molar-refractivity contribution is 5.78. The van der Waals surface area contributed by atoms with Crippen LogP contribution in [0.5, 0.6) is 0 Å². The standard InChI is InChI=1S/C22H43N5O2/c1-4-26(5-2)21(28)19-25-13-8-14-27(18-17-25)22(29)23-11-6-7-12-24-15-9-20(3)10-16-24/h20H,4-19H2,1-3H3,(H,23,29). The van der Waals surface area contributed by atoms with E-state index in [0.29, 0.717) is 13.1 Å². The van der Waals surface area contributed by atoms with E-state index in [-0.39, 0.29) is 11.9 Å². The molecule has 7 heteroatoms. The summed E-state index contributed by atoms with van der Waals surface area (Å²) in [7, 11) is 0. The maximum Gasteiger partial charge on any atom is 0.317 e. The number of nitrogens with one attached hydrogen (secondary N) is 1. The van der Waals surface area contributed by atoms with Crippen molar-refractivity contribution in [2.45, 2.75) is 52.9 Å². The summed E-state index contributed by atoms with van der Waals surface area (Å²) in [6.45, 7) is 15.9. The van der Waals surface area contributed by atoms with E-state index in [2.05, 4.69) is 22.0 Å². The van der Waals surface area contributed by atoms with E-state index in [1.54, 1.807) is 0 Å². The van der Waals surface area contributed by atoms with Gasteiger partial charge in [0.15, 0.2) is 0 Å². The number of likely N-dealkylation sites (N-methyl/N-ethyl adjacent to an activating group) is 1. The third-order valence-corrected chi connectivity index (χ3v) is 6.40. The van der Waals surface area contributed by atoms with Crippen LogP contribution in [0.3, 0.4) is 0 Å². The van der Waals surface area contributed by atoms with Gasteiger partial charge in [0.05, 0.1) is 6.54 Å². The van der Waals surface area contributed by atoms with Crippen LogP contribution in [0.25, 0.3) is 0 Å². The summed E-state index contributed by atoms with van der Waals surface area (Å²) < 4.78 is 0. The lowest BCUT2D eigenvalue weighted by molar-refractivity contribution is -0.132. The van der Waals surface area contributed by atoms with Gasteiger partial charge in [0.1, 0.15) is 0 Å². The Labute approximate surface area is 177 Å². The second-order valence-electron chi connectivity index (χ2n) is 8.65. The molecule has 0 aromatic rings. The molecule has 0 radical (unpaired) electrons. The zero-order valence-electron chi connectivity index (χ0n) is 19.0. The average Bonchev–Trinajstić information content (AvgIpc) is 2.95.